The fraction of sp³-hybridized carbons (Fsp3) is 0.188. The summed E-state index contributed by atoms with van der Waals surface area (Å²) in [5.41, 5.74) is 1.10. The molecule has 0 fully saturated rings. The zero-order valence-electron chi connectivity index (χ0n) is 11.5. The summed E-state index contributed by atoms with van der Waals surface area (Å²) in [4.78, 5) is 10.9. The van der Waals surface area contributed by atoms with E-state index in [1.165, 1.54) is 0 Å². The fourth-order valence-electron chi connectivity index (χ4n) is 2.69. The number of carbonyl (C=O) groups is 1. The van der Waals surface area contributed by atoms with Gasteiger partial charge in [0.1, 0.15) is 5.75 Å². The topological polar surface area (TPSA) is 58.6 Å². The highest BCUT2D eigenvalue weighted by molar-refractivity contribution is 9.10. The SMILES string of the molecule is O=C(O)NCC1(c2ccccc2)Cc2c(ccc(Cl)c2Br)O1. The van der Waals surface area contributed by atoms with Crippen molar-refractivity contribution in [2.24, 2.45) is 0 Å². The Balaban J connectivity index is 2.03. The third-order valence-corrected chi connectivity index (χ3v) is 5.19. The highest BCUT2D eigenvalue weighted by Crippen LogP contribution is 2.46. The van der Waals surface area contributed by atoms with Crippen molar-refractivity contribution in [2.45, 2.75) is 12.0 Å². The first-order valence-electron chi connectivity index (χ1n) is 6.70. The van der Waals surface area contributed by atoms with Gasteiger partial charge in [0.15, 0.2) is 5.60 Å². The van der Waals surface area contributed by atoms with Crippen molar-refractivity contribution >= 4 is 33.6 Å². The molecular weight excluding hydrogens is 370 g/mol. The van der Waals surface area contributed by atoms with E-state index in [4.69, 9.17) is 21.4 Å². The van der Waals surface area contributed by atoms with Crippen molar-refractivity contribution in [3.8, 4) is 5.75 Å². The summed E-state index contributed by atoms with van der Waals surface area (Å²) in [6.07, 6.45) is -0.541. The minimum Gasteiger partial charge on any atom is -0.480 e. The van der Waals surface area contributed by atoms with Crippen LogP contribution in [0.2, 0.25) is 5.02 Å². The van der Waals surface area contributed by atoms with Gasteiger partial charge in [-0.2, -0.15) is 0 Å². The van der Waals surface area contributed by atoms with Crippen LogP contribution in [0.4, 0.5) is 4.79 Å². The minimum absolute atomic E-state index is 0.158. The average molecular weight is 383 g/mol. The first-order chi connectivity index (χ1) is 10.5. The van der Waals surface area contributed by atoms with Crippen LogP contribution in [0.25, 0.3) is 0 Å². The molecule has 1 aliphatic heterocycles. The van der Waals surface area contributed by atoms with Gasteiger partial charge in [-0.25, -0.2) is 4.79 Å². The van der Waals surface area contributed by atoms with Crippen LogP contribution in [0, 0.1) is 0 Å². The number of ether oxygens (including phenoxy) is 1. The summed E-state index contributed by atoms with van der Waals surface area (Å²) in [5.74, 6) is 0.715. The molecule has 2 aromatic rings. The maximum Gasteiger partial charge on any atom is 0.404 e. The maximum atomic E-state index is 10.9. The number of carboxylic acid groups (broad SMARTS) is 1. The normalized spacial score (nSPS) is 19.4. The third-order valence-electron chi connectivity index (χ3n) is 3.75. The van der Waals surface area contributed by atoms with Crippen LogP contribution in [-0.2, 0) is 12.0 Å². The molecule has 6 heteroatoms. The lowest BCUT2D eigenvalue weighted by Gasteiger charge is -2.29. The van der Waals surface area contributed by atoms with Crippen molar-refractivity contribution in [3.05, 3.63) is 63.1 Å². The van der Waals surface area contributed by atoms with Crippen molar-refractivity contribution < 1.29 is 14.6 Å². The van der Waals surface area contributed by atoms with Gasteiger partial charge in [0.05, 0.1) is 11.6 Å². The molecule has 1 heterocycles. The minimum atomic E-state index is -1.08. The number of nitrogens with one attached hydrogen (secondary N) is 1. The number of hydrogen-bond acceptors (Lipinski definition) is 2. The molecule has 2 aromatic carbocycles. The number of benzene rings is 2. The summed E-state index contributed by atoms with van der Waals surface area (Å²) >= 11 is 9.63. The lowest BCUT2D eigenvalue weighted by atomic mass is 9.89. The highest BCUT2D eigenvalue weighted by atomic mass is 79.9. The molecule has 1 unspecified atom stereocenters. The third kappa shape index (κ3) is 2.66. The molecule has 1 aliphatic rings. The quantitative estimate of drug-likeness (QED) is 0.836. The summed E-state index contributed by atoms with van der Waals surface area (Å²) in [5, 5.41) is 12.0. The molecule has 4 nitrogen and oxygen atoms in total. The average Bonchev–Trinajstić information content (AvgIpc) is 2.91. The zero-order chi connectivity index (χ0) is 15.7. The van der Waals surface area contributed by atoms with Gasteiger partial charge in [-0.1, -0.05) is 41.9 Å². The number of fused-ring (bicyclic) bond motifs is 1. The Bertz CT molecular complexity index is 723. The van der Waals surface area contributed by atoms with Gasteiger partial charge in [-0.15, -0.1) is 0 Å². The van der Waals surface area contributed by atoms with Gasteiger partial charge in [0.2, 0.25) is 0 Å². The van der Waals surface area contributed by atoms with Gasteiger partial charge >= 0.3 is 6.09 Å². The van der Waals surface area contributed by atoms with Gasteiger partial charge in [0.25, 0.3) is 0 Å². The smallest absolute Gasteiger partial charge is 0.404 e. The molecule has 1 atom stereocenters. The Labute approximate surface area is 141 Å². The number of amides is 1. The summed E-state index contributed by atoms with van der Waals surface area (Å²) in [7, 11) is 0. The van der Waals surface area contributed by atoms with E-state index in [2.05, 4.69) is 21.2 Å². The summed E-state index contributed by atoms with van der Waals surface area (Å²) < 4.78 is 6.94. The van der Waals surface area contributed by atoms with E-state index in [1.807, 2.05) is 36.4 Å². The first kappa shape index (κ1) is 15.2. The van der Waals surface area contributed by atoms with Crippen LogP contribution in [-0.4, -0.2) is 17.7 Å². The van der Waals surface area contributed by atoms with E-state index < -0.39 is 11.7 Å². The Hall–Kier alpha value is -1.72. The first-order valence-corrected chi connectivity index (χ1v) is 7.87. The van der Waals surface area contributed by atoms with E-state index in [0.717, 1.165) is 15.6 Å². The van der Waals surface area contributed by atoms with Crippen LogP contribution in [0.15, 0.2) is 46.9 Å². The standard InChI is InChI=1S/C16H13BrClNO3/c17-14-11-8-16(9-19-15(20)21,10-4-2-1-3-5-10)22-13(11)7-6-12(14)18/h1-7,19H,8-9H2,(H,20,21). The van der Waals surface area contributed by atoms with E-state index in [0.29, 0.717) is 17.2 Å². The molecule has 22 heavy (non-hydrogen) atoms. The van der Waals surface area contributed by atoms with Crippen LogP contribution in [0.3, 0.4) is 0 Å². The molecule has 0 saturated carbocycles. The van der Waals surface area contributed by atoms with Crippen molar-refractivity contribution in [1.82, 2.24) is 5.32 Å². The fourth-order valence-corrected chi connectivity index (χ4v) is 3.33. The molecular formula is C16H13BrClNO3. The van der Waals surface area contributed by atoms with Crippen LogP contribution < -0.4 is 10.1 Å². The van der Waals surface area contributed by atoms with E-state index in [1.54, 1.807) is 6.07 Å². The molecule has 0 radical (unpaired) electrons. The lowest BCUT2D eigenvalue weighted by Crippen LogP contribution is -2.43. The van der Waals surface area contributed by atoms with Crippen molar-refractivity contribution in [3.63, 3.8) is 0 Å². The van der Waals surface area contributed by atoms with E-state index in [9.17, 15) is 4.79 Å². The summed E-state index contributed by atoms with van der Waals surface area (Å²) in [6.45, 7) is 0.158. The van der Waals surface area contributed by atoms with Crippen molar-refractivity contribution in [2.75, 3.05) is 6.54 Å². The molecule has 0 aromatic heterocycles. The predicted octanol–water partition coefficient (Wildman–Crippen LogP) is 4.20. The van der Waals surface area contributed by atoms with Gasteiger partial charge in [-0.05, 0) is 33.6 Å². The molecule has 0 spiro atoms. The molecule has 114 valence electrons. The molecule has 0 aliphatic carbocycles. The Morgan fingerprint density at radius 1 is 1.32 bits per heavy atom. The highest BCUT2D eigenvalue weighted by Gasteiger charge is 2.42. The van der Waals surface area contributed by atoms with Gasteiger partial charge < -0.3 is 15.2 Å². The molecule has 2 N–H and O–H groups in total. The second kappa shape index (κ2) is 5.82. The van der Waals surface area contributed by atoms with Crippen molar-refractivity contribution in [1.29, 1.82) is 0 Å². The Kier molecular flexibility index (Phi) is 4.02. The zero-order valence-corrected chi connectivity index (χ0v) is 13.8. The number of halogens is 2. The summed E-state index contributed by atoms with van der Waals surface area (Å²) in [6, 6.07) is 13.2. The molecule has 0 saturated heterocycles. The maximum absolute atomic E-state index is 10.9. The molecule has 0 bridgehead atoms. The van der Waals surface area contributed by atoms with Crippen LogP contribution in [0.1, 0.15) is 11.1 Å². The van der Waals surface area contributed by atoms with Gasteiger partial charge in [-0.3, -0.25) is 0 Å². The molecule has 1 amide bonds. The van der Waals surface area contributed by atoms with Crippen LogP contribution in [0.5, 0.6) is 5.75 Å². The largest absolute Gasteiger partial charge is 0.480 e. The Morgan fingerprint density at radius 2 is 2.05 bits per heavy atom. The van der Waals surface area contributed by atoms with E-state index >= 15 is 0 Å². The lowest BCUT2D eigenvalue weighted by molar-refractivity contribution is 0.0898. The van der Waals surface area contributed by atoms with Gasteiger partial charge in [0, 0.05) is 16.5 Å². The Morgan fingerprint density at radius 3 is 2.73 bits per heavy atom. The number of hydrogen-bond donors (Lipinski definition) is 2. The second-order valence-electron chi connectivity index (χ2n) is 5.14. The predicted molar refractivity (Wildman–Crippen MR) is 87.6 cm³/mol. The van der Waals surface area contributed by atoms with E-state index in [-0.39, 0.29) is 6.54 Å². The van der Waals surface area contributed by atoms with Crippen LogP contribution >= 0.6 is 27.5 Å². The monoisotopic (exact) mass is 381 g/mol. The second-order valence-corrected chi connectivity index (χ2v) is 6.34. The number of rotatable bonds is 3. The molecule has 3 rings (SSSR count).